The Morgan fingerprint density at radius 1 is 0.967 bits per heavy atom. The van der Waals surface area contributed by atoms with E-state index in [4.69, 9.17) is 4.74 Å². The Hall–Kier alpha value is -3.68. The Morgan fingerprint density at radius 2 is 1.53 bits per heavy atom. The lowest BCUT2D eigenvalue weighted by atomic mass is 10.1. The van der Waals surface area contributed by atoms with E-state index in [0.717, 1.165) is 0 Å². The van der Waals surface area contributed by atoms with Gasteiger partial charge in [-0.1, -0.05) is 38.1 Å². The fraction of sp³-hybridized carbons (Fsp3) is 0.273. The summed E-state index contributed by atoms with van der Waals surface area (Å²) < 4.78 is 6.71. The highest BCUT2D eigenvalue weighted by atomic mass is 16.5. The van der Waals surface area contributed by atoms with Crippen LogP contribution in [-0.4, -0.2) is 35.6 Å². The SMILES string of the molecule is CC(C)CNC(=O)NC(=O)COC(=O)Cn1c2ccccc2c(=O)c2ccccc21. The van der Waals surface area contributed by atoms with Gasteiger partial charge in [-0.05, 0) is 30.2 Å². The summed E-state index contributed by atoms with van der Waals surface area (Å²) in [5.41, 5.74) is 1.07. The van der Waals surface area contributed by atoms with Crippen molar-refractivity contribution in [1.82, 2.24) is 15.2 Å². The molecular formula is C22H23N3O5. The summed E-state index contributed by atoms with van der Waals surface area (Å²) in [7, 11) is 0. The number of hydrogen-bond donors (Lipinski definition) is 2. The normalized spacial score (nSPS) is 10.9. The molecule has 0 saturated carbocycles. The Morgan fingerprint density at radius 3 is 2.10 bits per heavy atom. The van der Waals surface area contributed by atoms with E-state index in [1.165, 1.54) is 0 Å². The number of ether oxygens (including phenoxy) is 1. The number of pyridine rings is 1. The highest BCUT2D eigenvalue weighted by molar-refractivity contribution is 5.96. The standard InChI is InChI=1S/C22H23N3O5/c1-14(2)11-23-22(29)24-19(26)13-30-20(27)12-25-17-9-5-3-7-15(17)21(28)16-8-4-6-10-18(16)25/h3-10,14H,11-13H2,1-2H3,(H2,23,24,26,29). The van der Waals surface area contributed by atoms with Gasteiger partial charge in [0.25, 0.3) is 5.91 Å². The molecule has 0 spiro atoms. The first-order valence-corrected chi connectivity index (χ1v) is 9.60. The van der Waals surface area contributed by atoms with Crippen LogP contribution in [0.3, 0.4) is 0 Å². The second kappa shape index (κ2) is 9.21. The lowest BCUT2D eigenvalue weighted by Gasteiger charge is -2.14. The number of urea groups is 1. The van der Waals surface area contributed by atoms with Gasteiger partial charge in [-0.25, -0.2) is 4.79 Å². The molecule has 0 unspecified atom stereocenters. The van der Waals surface area contributed by atoms with Crippen LogP contribution in [0, 0.1) is 5.92 Å². The van der Waals surface area contributed by atoms with Gasteiger partial charge in [0.2, 0.25) is 0 Å². The zero-order valence-corrected chi connectivity index (χ0v) is 16.8. The van der Waals surface area contributed by atoms with Gasteiger partial charge in [0.15, 0.2) is 12.0 Å². The summed E-state index contributed by atoms with van der Waals surface area (Å²) in [4.78, 5) is 48.5. The Bertz CT molecular complexity index is 1110. The number of rotatable bonds is 6. The van der Waals surface area contributed by atoms with Crippen LogP contribution >= 0.6 is 0 Å². The number of amides is 3. The summed E-state index contributed by atoms with van der Waals surface area (Å²) in [5, 5.41) is 5.63. The summed E-state index contributed by atoms with van der Waals surface area (Å²) in [5.74, 6) is -1.14. The molecule has 0 bridgehead atoms. The predicted molar refractivity (Wildman–Crippen MR) is 113 cm³/mol. The van der Waals surface area contributed by atoms with Gasteiger partial charge in [-0.15, -0.1) is 0 Å². The van der Waals surface area contributed by atoms with Crippen LogP contribution < -0.4 is 16.1 Å². The second-order valence-electron chi connectivity index (χ2n) is 7.26. The molecule has 0 aliphatic rings. The molecule has 3 aromatic rings. The number of nitrogens with one attached hydrogen (secondary N) is 2. The fourth-order valence-corrected chi connectivity index (χ4v) is 3.07. The highest BCUT2D eigenvalue weighted by Gasteiger charge is 2.15. The smallest absolute Gasteiger partial charge is 0.326 e. The maximum Gasteiger partial charge on any atom is 0.326 e. The lowest BCUT2D eigenvalue weighted by molar-refractivity contribution is -0.148. The van der Waals surface area contributed by atoms with Crippen molar-refractivity contribution in [3.63, 3.8) is 0 Å². The molecule has 8 nitrogen and oxygen atoms in total. The number of nitrogens with zero attached hydrogens (tertiary/aromatic N) is 1. The van der Waals surface area contributed by atoms with E-state index in [9.17, 15) is 19.2 Å². The largest absolute Gasteiger partial charge is 0.454 e. The van der Waals surface area contributed by atoms with Crippen LogP contribution in [0.15, 0.2) is 53.3 Å². The third kappa shape index (κ3) is 4.83. The van der Waals surface area contributed by atoms with Gasteiger partial charge < -0.3 is 14.6 Å². The van der Waals surface area contributed by atoms with Crippen molar-refractivity contribution in [3.8, 4) is 0 Å². The van der Waals surface area contributed by atoms with Crippen molar-refractivity contribution in [2.45, 2.75) is 20.4 Å². The zero-order chi connectivity index (χ0) is 21.7. The van der Waals surface area contributed by atoms with E-state index in [1.54, 1.807) is 53.1 Å². The molecule has 3 rings (SSSR count). The molecule has 0 fully saturated rings. The molecule has 156 valence electrons. The molecule has 0 aliphatic carbocycles. The third-order valence-corrected chi connectivity index (χ3v) is 4.45. The van der Waals surface area contributed by atoms with Gasteiger partial charge in [0.05, 0.1) is 11.0 Å². The molecule has 1 aromatic heterocycles. The van der Waals surface area contributed by atoms with E-state index in [-0.39, 0.29) is 17.9 Å². The van der Waals surface area contributed by atoms with Crippen LogP contribution in [0.4, 0.5) is 4.79 Å². The van der Waals surface area contributed by atoms with E-state index >= 15 is 0 Å². The van der Waals surface area contributed by atoms with Crippen molar-refractivity contribution < 1.29 is 19.1 Å². The number of hydrogen-bond acceptors (Lipinski definition) is 5. The first kappa shape index (κ1) is 21.0. The van der Waals surface area contributed by atoms with Crippen LogP contribution in [0.1, 0.15) is 13.8 Å². The molecule has 0 aliphatic heterocycles. The summed E-state index contributed by atoms with van der Waals surface area (Å²) in [6.07, 6.45) is 0. The number of aromatic nitrogens is 1. The van der Waals surface area contributed by atoms with Crippen molar-refractivity contribution in [1.29, 1.82) is 0 Å². The minimum Gasteiger partial charge on any atom is -0.454 e. The molecule has 8 heteroatoms. The number of carbonyl (C=O) groups excluding carboxylic acids is 3. The molecule has 3 amide bonds. The van der Waals surface area contributed by atoms with E-state index < -0.39 is 24.5 Å². The van der Waals surface area contributed by atoms with Gasteiger partial charge in [-0.2, -0.15) is 0 Å². The number of fused-ring (bicyclic) bond motifs is 2. The van der Waals surface area contributed by atoms with Crippen LogP contribution in [0.5, 0.6) is 0 Å². The molecular weight excluding hydrogens is 386 g/mol. The Labute approximate surface area is 172 Å². The molecule has 0 saturated heterocycles. The third-order valence-electron chi connectivity index (χ3n) is 4.45. The molecule has 2 N–H and O–H groups in total. The van der Waals surface area contributed by atoms with Crippen molar-refractivity contribution >= 4 is 39.7 Å². The monoisotopic (exact) mass is 409 g/mol. The number of para-hydroxylation sites is 2. The topological polar surface area (TPSA) is 106 Å². The zero-order valence-electron chi connectivity index (χ0n) is 16.8. The van der Waals surface area contributed by atoms with E-state index in [0.29, 0.717) is 28.4 Å². The summed E-state index contributed by atoms with van der Waals surface area (Å²) in [6, 6.07) is 13.4. The number of benzene rings is 2. The van der Waals surface area contributed by atoms with Gasteiger partial charge in [-0.3, -0.25) is 19.7 Å². The highest BCUT2D eigenvalue weighted by Crippen LogP contribution is 2.19. The molecule has 0 atom stereocenters. The van der Waals surface area contributed by atoms with Crippen LogP contribution in [-0.2, 0) is 20.9 Å². The summed E-state index contributed by atoms with van der Waals surface area (Å²) in [6.45, 7) is 3.51. The number of esters is 1. The van der Waals surface area contributed by atoms with E-state index in [2.05, 4.69) is 10.6 Å². The Balaban J connectivity index is 1.72. The van der Waals surface area contributed by atoms with Crippen LogP contribution in [0.25, 0.3) is 21.8 Å². The van der Waals surface area contributed by atoms with Crippen LogP contribution in [0.2, 0.25) is 0 Å². The molecule has 1 heterocycles. The minimum absolute atomic E-state index is 0.113. The first-order valence-electron chi connectivity index (χ1n) is 9.60. The maximum atomic E-state index is 12.7. The average Bonchev–Trinajstić information content (AvgIpc) is 2.74. The van der Waals surface area contributed by atoms with Gasteiger partial charge in [0.1, 0.15) is 6.54 Å². The first-order chi connectivity index (χ1) is 14.4. The van der Waals surface area contributed by atoms with Crippen molar-refractivity contribution in [2.24, 2.45) is 5.92 Å². The number of carbonyl (C=O) groups is 3. The molecule has 0 radical (unpaired) electrons. The maximum absolute atomic E-state index is 12.7. The molecule has 2 aromatic carbocycles. The summed E-state index contributed by atoms with van der Waals surface area (Å²) >= 11 is 0. The quantitative estimate of drug-likeness (QED) is 0.479. The minimum atomic E-state index is -0.723. The fourth-order valence-electron chi connectivity index (χ4n) is 3.07. The number of imide groups is 1. The molecule has 30 heavy (non-hydrogen) atoms. The van der Waals surface area contributed by atoms with Crippen molar-refractivity contribution in [2.75, 3.05) is 13.2 Å². The Kier molecular flexibility index (Phi) is 6.46. The van der Waals surface area contributed by atoms with Crippen molar-refractivity contribution in [3.05, 3.63) is 58.8 Å². The van der Waals surface area contributed by atoms with E-state index in [1.807, 2.05) is 13.8 Å². The van der Waals surface area contributed by atoms with Gasteiger partial charge >= 0.3 is 12.0 Å². The van der Waals surface area contributed by atoms with Gasteiger partial charge in [0, 0.05) is 17.3 Å². The average molecular weight is 409 g/mol. The lowest BCUT2D eigenvalue weighted by Crippen LogP contribution is -2.42. The predicted octanol–water partition coefficient (Wildman–Crippen LogP) is 2.18. The second-order valence-corrected chi connectivity index (χ2v) is 7.26.